The number of benzene rings is 7. The summed E-state index contributed by atoms with van der Waals surface area (Å²) in [7, 11) is 0. The Bertz CT molecular complexity index is 3770. The van der Waals surface area contributed by atoms with E-state index in [0.29, 0.717) is 62.7 Å². The van der Waals surface area contributed by atoms with Gasteiger partial charge in [-0.25, -0.2) is 15.0 Å². The maximum absolute atomic E-state index is 6.76. The van der Waals surface area contributed by atoms with Crippen LogP contribution >= 0.6 is 0 Å². The summed E-state index contributed by atoms with van der Waals surface area (Å²) in [6.45, 7) is 8.78. The van der Waals surface area contributed by atoms with E-state index in [0.717, 1.165) is 66.0 Å². The standard InChI is InChI=1S/C55H34N6O2/c1-3-44-46(33(2)52-56-48(35-21-9-5-10-22-35)51-49(57-52)39-26-14-16-32-45(39)63-51)40-28-17-29-41(50(40)62-44)54-58-53(36-23-11-6-12-24-36)59-55(60-54)61-42-30-15-13-25-38(42)47-37(27-18-31-43(47)61)34-19-7-4-8-20-34/h3-32H,1-2H2. The average Bonchev–Trinajstić information content (AvgIpc) is 4.04. The van der Waals surface area contributed by atoms with Gasteiger partial charge in [-0.2, -0.15) is 9.97 Å². The number of nitrogens with zero attached hydrogens (tertiary/aromatic N) is 6. The fourth-order valence-corrected chi connectivity index (χ4v) is 8.79. The van der Waals surface area contributed by atoms with Crippen molar-refractivity contribution in [2.24, 2.45) is 0 Å². The van der Waals surface area contributed by atoms with Crippen molar-refractivity contribution in [3.05, 3.63) is 206 Å². The molecule has 12 aromatic rings. The highest BCUT2D eigenvalue weighted by atomic mass is 16.3. The van der Waals surface area contributed by atoms with E-state index in [1.165, 1.54) is 0 Å². The monoisotopic (exact) mass is 810 g/mol. The molecule has 63 heavy (non-hydrogen) atoms. The largest absolute Gasteiger partial charge is 0.455 e. The zero-order valence-electron chi connectivity index (χ0n) is 33.7. The number of rotatable bonds is 8. The van der Waals surface area contributed by atoms with Crippen LogP contribution in [0.15, 0.2) is 198 Å². The lowest BCUT2D eigenvalue weighted by Gasteiger charge is -2.11. The average molecular weight is 811 g/mol. The Morgan fingerprint density at radius 3 is 1.89 bits per heavy atom. The van der Waals surface area contributed by atoms with Crippen molar-refractivity contribution >= 4 is 66.5 Å². The quantitative estimate of drug-likeness (QED) is 0.151. The van der Waals surface area contributed by atoms with Crippen LogP contribution in [0, 0.1) is 0 Å². The molecule has 0 radical (unpaired) electrons. The lowest BCUT2D eigenvalue weighted by atomic mass is 9.99. The number of fused-ring (bicyclic) bond motifs is 7. The summed E-state index contributed by atoms with van der Waals surface area (Å²) in [6.07, 6.45) is 1.70. The molecule has 0 amide bonds. The van der Waals surface area contributed by atoms with Crippen LogP contribution in [0.5, 0.6) is 0 Å². The summed E-state index contributed by atoms with van der Waals surface area (Å²) in [6, 6.07) is 59.1. The van der Waals surface area contributed by atoms with Gasteiger partial charge in [0.05, 0.1) is 16.6 Å². The van der Waals surface area contributed by atoms with Crippen molar-refractivity contribution < 1.29 is 8.83 Å². The van der Waals surface area contributed by atoms with Gasteiger partial charge < -0.3 is 8.83 Å². The molecule has 0 spiro atoms. The molecule has 0 saturated heterocycles. The molecule has 5 aromatic heterocycles. The Kier molecular flexibility index (Phi) is 8.30. The fraction of sp³-hybridized carbons (Fsp3) is 0. The molecule has 296 valence electrons. The minimum Gasteiger partial charge on any atom is -0.455 e. The van der Waals surface area contributed by atoms with Gasteiger partial charge in [-0.15, -0.1) is 0 Å². The van der Waals surface area contributed by atoms with Crippen molar-refractivity contribution in [1.29, 1.82) is 0 Å². The maximum Gasteiger partial charge on any atom is 0.238 e. The minimum atomic E-state index is 0.444. The van der Waals surface area contributed by atoms with Crippen molar-refractivity contribution in [3.63, 3.8) is 0 Å². The van der Waals surface area contributed by atoms with E-state index < -0.39 is 0 Å². The van der Waals surface area contributed by atoms with Crippen LogP contribution in [0.2, 0.25) is 0 Å². The van der Waals surface area contributed by atoms with Gasteiger partial charge >= 0.3 is 0 Å². The van der Waals surface area contributed by atoms with Gasteiger partial charge in [-0.3, -0.25) is 4.57 Å². The van der Waals surface area contributed by atoms with E-state index >= 15 is 0 Å². The second-order valence-corrected chi connectivity index (χ2v) is 15.3. The smallest absolute Gasteiger partial charge is 0.238 e. The molecule has 8 heteroatoms. The minimum absolute atomic E-state index is 0.444. The van der Waals surface area contributed by atoms with E-state index in [-0.39, 0.29) is 0 Å². The Labute approximate surface area is 360 Å². The van der Waals surface area contributed by atoms with Gasteiger partial charge in [0.15, 0.2) is 23.1 Å². The second-order valence-electron chi connectivity index (χ2n) is 15.3. The Hall–Kier alpha value is -8.75. The number of para-hydroxylation sites is 3. The predicted molar refractivity (Wildman–Crippen MR) is 253 cm³/mol. The van der Waals surface area contributed by atoms with Crippen LogP contribution in [0.3, 0.4) is 0 Å². The van der Waals surface area contributed by atoms with Crippen LogP contribution in [0.4, 0.5) is 0 Å². The SMILES string of the molecule is C=Cc1oc2c(-c3nc(-c4ccccc4)nc(-n4c5ccccc5c5c(-c6ccccc6)cccc54)n3)cccc2c1C(=C)c1nc(-c2ccccc2)c2oc3ccccc3c2n1. The molecule has 0 unspecified atom stereocenters. The van der Waals surface area contributed by atoms with E-state index in [4.69, 9.17) is 33.8 Å². The normalized spacial score (nSPS) is 11.6. The molecule has 5 heterocycles. The van der Waals surface area contributed by atoms with Gasteiger partial charge in [0, 0.05) is 43.8 Å². The molecule has 0 saturated carbocycles. The first-order valence-corrected chi connectivity index (χ1v) is 20.6. The highest BCUT2D eigenvalue weighted by molar-refractivity contribution is 6.15. The van der Waals surface area contributed by atoms with E-state index in [1.807, 2.05) is 115 Å². The van der Waals surface area contributed by atoms with Crippen molar-refractivity contribution in [2.75, 3.05) is 0 Å². The number of hydrogen-bond acceptors (Lipinski definition) is 7. The zero-order valence-corrected chi connectivity index (χ0v) is 33.7. The Morgan fingerprint density at radius 1 is 0.492 bits per heavy atom. The molecule has 7 aromatic carbocycles. The summed E-state index contributed by atoms with van der Waals surface area (Å²) in [5.41, 5.74) is 11.3. The molecular weight excluding hydrogens is 777 g/mol. The van der Waals surface area contributed by atoms with Crippen LogP contribution in [0.25, 0.3) is 118 Å². The summed E-state index contributed by atoms with van der Waals surface area (Å²) in [5, 5.41) is 3.90. The first-order valence-electron chi connectivity index (χ1n) is 20.6. The highest BCUT2D eigenvalue weighted by Gasteiger charge is 2.26. The lowest BCUT2D eigenvalue weighted by molar-refractivity contribution is 0.604. The summed E-state index contributed by atoms with van der Waals surface area (Å²) >= 11 is 0. The van der Waals surface area contributed by atoms with Gasteiger partial charge in [-0.1, -0.05) is 159 Å². The first kappa shape index (κ1) is 36.1. The van der Waals surface area contributed by atoms with Crippen LogP contribution < -0.4 is 0 Å². The Morgan fingerprint density at radius 2 is 1.11 bits per heavy atom. The fourth-order valence-electron chi connectivity index (χ4n) is 8.79. The van der Waals surface area contributed by atoms with Crippen LogP contribution in [-0.4, -0.2) is 29.5 Å². The van der Waals surface area contributed by atoms with Crippen molar-refractivity contribution in [3.8, 4) is 51.1 Å². The van der Waals surface area contributed by atoms with Gasteiger partial charge in [0.25, 0.3) is 0 Å². The molecule has 0 N–H and O–H groups in total. The van der Waals surface area contributed by atoms with Gasteiger partial charge in [0.2, 0.25) is 5.95 Å². The number of hydrogen-bond donors (Lipinski definition) is 0. The summed E-state index contributed by atoms with van der Waals surface area (Å²) in [5.74, 6) is 2.43. The summed E-state index contributed by atoms with van der Waals surface area (Å²) in [4.78, 5) is 25.9. The third-order valence-corrected chi connectivity index (χ3v) is 11.6. The third kappa shape index (κ3) is 5.80. The molecule has 8 nitrogen and oxygen atoms in total. The third-order valence-electron chi connectivity index (χ3n) is 11.6. The molecule has 0 fully saturated rings. The lowest BCUT2D eigenvalue weighted by Crippen LogP contribution is -2.06. The first-order chi connectivity index (χ1) is 31.1. The van der Waals surface area contributed by atoms with E-state index in [1.54, 1.807) is 6.08 Å². The maximum atomic E-state index is 6.76. The van der Waals surface area contributed by atoms with Crippen LogP contribution in [-0.2, 0) is 0 Å². The number of aromatic nitrogens is 6. The second kappa shape index (κ2) is 14.5. The molecule has 0 atom stereocenters. The van der Waals surface area contributed by atoms with E-state index in [9.17, 15) is 0 Å². The van der Waals surface area contributed by atoms with Gasteiger partial charge in [0.1, 0.15) is 28.1 Å². The van der Waals surface area contributed by atoms with Crippen molar-refractivity contribution in [1.82, 2.24) is 29.5 Å². The molecule has 0 aliphatic rings. The molecule has 12 rings (SSSR count). The van der Waals surface area contributed by atoms with Gasteiger partial charge in [-0.05, 0) is 47.5 Å². The predicted octanol–water partition coefficient (Wildman–Crippen LogP) is 13.8. The Balaban J connectivity index is 1.07. The molecule has 0 aliphatic heterocycles. The molecule has 0 aliphatic carbocycles. The van der Waals surface area contributed by atoms with E-state index in [2.05, 4.69) is 78.4 Å². The zero-order chi connectivity index (χ0) is 42.0. The summed E-state index contributed by atoms with van der Waals surface area (Å²) < 4.78 is 15.3. The topological polar surface area (TPSA) is 95.7 Å². The van der Waals surface area contributed by atoms with Crippen LogP contribution in [0.1, 0.15) is 17.1 Å². The number of furan rings is 2. The highest BCUT2D eigenvalue weighted by Crippen LogP contribution is 2.42. The van der Waals surface area contributed by atoms with Crippen molar-refractivity contribution in [2.45, 2.75) is 0 Å². The molecular formula is C55H34N6O2. The molecule has 0 bridgehead atoms.